The molecule has 9 nitrogen and oxygen atoms in total. The Balaban J connectivity index is 1.16. The third-order valence-corrected chi connectivity index (χ3v) is 9.34. The topological polar surface area (TPSA) is 81.1 Å². The van der Waals surface area contributed by atoms with Crippen LogP contribution in [0.1, 0.15) is 28.5 Å². The Morgan fingerprint density at radius 1 is 0.875 bits per heavy atom. The van der Waals surface area contributed by atoms with Gasteiger partial charge in [0, 0.05) is 91.6 Å². The van der Waals surface area contributed by atoms with E-state index in [-0.39, 0.29) is 5.91 Å². The van der Waals surface area contributed by atoms with Gasteiger partial charge in [0.2, 0.25) is 0 Å². The molecule has 1 N–H and O–H groups in total. The second-order valence-corrected chi connectivity index (χ2v) is 12.8. The number of anilines is 1. The average molecular weight is 648 g/mol. The fraction of sp³-hybridized carbons (Fsp3) is 0.333. The van der Waals surface area contributed by atoms with Crippen LogP contribution in [-0.4, -0.2) is 79.2 Å². The molecule has 250 valence electrons. The Morgan fingerprint density at radius 3 is 2.25 bits per heavy atom. The molecule has 2 aromatic heterocycles. The molecule has 0 radical (unpaired) electrons. The molecule has 0 bridgehead atoms. The highest BCUT2D eigenvalue weighted by Crippen LogP contribution is 2.41. The number of benzene rings is 3. The number of hydrogen-bond donors (Lipinski definition) is 1. The minimum absolute atomic E-state index is 0.272. The van der Waals surface area contributed by atoms with E-state index in [1.807, 2.05) is 30.3 Å². The van der Waals surface area contributed by atoms with Crippen LogP contribution in [0.25, 0.3) is 22.0 Å². The Bertz CT molecular complexity index is 1870. The van der Waals surface area contributed by atoms with E-state index < -0.39 is 0 Å². The zero-order valence-electron chi connectivity index (χ0n) is 28.7. The molecule has 0 spiro atoms. The molecular weight excluding hydrogens is 602 g/mol. The summed E-state index contributed by atoms with van der Waals surface area (Å²) >= 11 is 0. The van der Waals surface area contributed by atoms with Crippen molar-refractivity contribution >= 4 is 22.5 Å². The molecule has 3 heterocycles. The summed E-state index contributed by atoms with van der Waals surface area (Å²) in [5.41, 5.74) is 6.47. The summed E-state index contributed by atoms with van der Waals surface area (Å²) in [5, 5.41) is 4.17. The lowest BCUT2D eigenvalue weighted by atomic mass is 10.0. The third-order valence-electron chi connectivity index (χ3n) is 9.34. The van der Waals surface area contributed by atoms with Crippen molar-refractivity contribution in [2.24, 2.45) is 5.92 Å². The molecule has 6 rings (SSSR count). The van der Waals surface area contributed by atoms with Crippen LogP contribution >= 0.6 is 0 Å². The summed E-state index contributed by atoms with van der Waals surface area (Å²) in [4.78, 5) is 22.5. The van der Waals surface area contributed by atoms with Gasteiger partial charge in [-0.2, -0.15) is 0 Å². The van der Waals surface area contributed by atoms with Crippen LogP contribution in [0.2, 0.25) is 0 Å². The van der Waals surface area contributed by atoms with Crippen LogP contribution in [0.4, 0.5) is 5.69 Å². The Morgan fingerprint density at radius 2 is 1.56 bits per heavy atom. The van der Waals surface area contributed by atoms with E-state index in [1.54, 1.807) is 50.9 Å². The van der Waals surface area contributed by atoms with Crippen molar-refractivity contribution < 1.29 is 19.0 Å². The molecule has 0 saturated carbocycles. The number of nitrogens with zero attached hydrogens (tertiary/aromatic N) is 4. The first-order valence-electron chi connectivity index (χ1n) is 16.5. The molecule has 1 aliphatic rings. The van der Waals surface area contributed by atoms with Crippen LogP contribution in [0.15, 0.2) is 79.1 Å². The molecule has 1 unspecified atom stereocenters. The summed E-state index contributed by atoms with van der Waals surface area (Å²) in [7, 11) is 5.39. The molecule has 3 aromatic carbocycles. The van der Waals surface area contributed by atoms with Crippen molar-refractivity contribution in [3.8, 4) is 34.1 Å². The van der Waals surface area contributed by atoms with Crippen molar-refractivity contribution in [1.29, 1.82) is 0 Å². The number of piperazine rings is 1. The number of carbonyl (C=O) groups excluding carboxylic acids is 1. The van der Waals surface area contributed by atoms with E-state index >= 15 is 0 Å². The number of ether oxygens (including phenoxy) is 3. The maximum atomic E-state index is 13.4. The van der Waals surface area contributed by atoms with Crippen LogP contribution in [0, 0.1) is 19.8 Å². The van der Waals surface area contributed by atoms with Gasteiger partial charge in [0.1, 0.15) is 23.0 Å². The van der Waals surface area contributed by atoms with Gasteiger partial charge in [-0.1, -0.05) is 13.0 Å². The summed E-state index contributed by atoms with van der Waals surface area (Å²) in [6.45, 7) is 13.4. The number of amides is 1. The lowest BCUT2D eigenvalue weighted by molar-refractivity contribution is 0.102. The van der Waals surface area contributed by atoms with E-state index in [0.717, 1.165) is 56.1 Å². The van der Waals surface area contributed by atoms with Gasteiger partial charge in [-0.25, -0.2) is 0 Å². The highest BCUT2D eigenvalue weighted by molar-refractivity contribution is 6.05. The third kappa shape index (κ3) is 7.17. The summed E-state index contributed by atoms with van der Waals surface area (Å²) in [6.07, 6.45) is 3.43. The maximum absolute atomic E-state index is 13.4. The van der Waals surface area contributed by atoms with E-state index in [9.17, 15) is 4.79 Å². The fourth-order valence-electron chi connectivity index (χ4n) is 6.60. The van der Waals surface area contributed by atoms with Gasteiger partial charge in [0.05, 0.1) is 19.8 Å². The SMILES string of the molecule is COc1cc(NC(=O)c2cccc(Oc3ccc4c(c3)c(C)c(C)n4CC(C)CN3CCN(C)CC3)c2)cc(OC)c1-c1ccncc1. The normalized spacial score (nSPS) is 14.5. The number of aromatic nitrogens is 2. The molecule has 0 aliphatic carbocycles. The number of fused-ring (bicyclic) bond motifs is 1. The second-order valence-electron chi connectivity index (χ2n) is 12.8. The monoisotopic (exact) mass is 647 g/mol. The summed E-state index contributed by atoms with van der Waals surface area (Å²) in [6, 6.07) is 20.8. The number of rotatable bonds is 11. The highest BCUT2D eigenvalue weighted by atomic mass is 16.5. The first kappa shape index (κ1) is 33.1. The molecule has 1 amide bonds. The molecule has 48 heavy (non-hydrogen) atoms. The van der Waals surface area contributed by atoms with E-state index in [4.69, 9.17) is 14.2 Å². The van der Waals surface area contributed by atoms with Crippen LogP contribution in [0.3, 0.4) is 0 Å². The van der Waals surface area contributed by atoms with Crippen molar-refractivity contribution in [3.63, 3.8) is 0 Å². The molecule has 1 atom stereocenters. The highest BCUT2D eigenvalue weighted by Gasteiger charge is 2.20. The van der Waals surface area contributed by atoms with E-state index in [1.165, 1.54) is 22.2 Å². The number of methoxy groups -OCH3 is 2. The standard InChI is InChI=1S/C39H45N5O4/c1-26(24-43-18-16-42(4)17-19-43)25-44-28(3)27(2)34-23-33(10-11-35(34)44)48-32-9-7-8-30(20-32)39(45)41-31-21-36(46-5)38(37(22-31)47-6)29-12-14-40-15-13-29/h7-15,20-23,26H,16-19,24-25H2,1-6H3,(H,41,45). The van der Waals surface area contributed by atoms with E-state index in [2.05, 4.69) is 64.6 Å². The largest absolute Gasteiger partial charge is 0.496 e. The number of pyridine rings is 1. The van der Waals surface area contributed by atoms with Crippen molar-refractivity contribution in [1.82, 2.24) is 19.4 Å². The predicted octanol–water partition coefficient (Wildman–Crippen LogP) is 7.27. The second kappa shape index (κ2) is 14.5. The maximum Gasteiger partial charge on any atom is 0.255 e. The molecule has 5 aromatic rings. The molecule has 1 saturated heterocycles. The minimum Gasteiger partial charge on any atom is -0.496 e. The summed E-state index contributed by atoms with van der Waals surface area (Å²) < 4.78 is 20.1. The van der Waals surface area contributed by atoms with Crippen molar-refractivity contribution in [3.05, 3.63) is 95.9 Å². The Labute approximate surface area is 283 Å². The van der Waals surface area contributed by atoms with Gasteiger partial charge in [-0.3, -0.25) is 9.78 Å². The average Bonchev–Trinajstić information content (AvgIpc) is 3.33. The van der Waals surface area contributed by atoms with Gasteiger partial charge in [0.25, 0.3) is 5.91 Å². The molecule has 1 aliphatic heterocycles. The van der Waals surface area contributed by atoms with Crippen LogP contribution < -0.4 is 19.5 Å². The summed E-state index contributed by atoms with van der Waals surface area (Å²) in [5.74, 6) is 2.73. The lowest BCUT2D eigenvalue weighted by Gasteiger charge is -2.34. The van der Waals surface area contributed by atoms with E-state index in [0.29, 0.717) is 34.4 Å². The number of nitrogens with one attached hydrogen (secondary N) is 1. The molecule has 9 heteroatoms. The molecular formula is C39H45N5O4. The van der Waals surface area contributed by atoms with Crippen molar-refractivity contribution in [2.75, 3.05) is 59.3 Å². The zero-order valence-corrected chi connectivity index (χ0v) is 28.7. The predicted molar refractivity (Wildman–Crippen MR) is 192 cm³/mol. The first-order valence-corrected chi connectivity index (χ1v) is 16.5. The van der Waals surface area contributed by atoms with Crippen molar-refractivity contribution in [2.45, 2.75) is 27.3 Å². The van der Waals surface area contributed by atoms with Crippen LogP contribution in [-0.2, 0) is 6.54 Å². The number of carbonyl (C=O) groups is 1. The van der Waals surface area contributed by atoms with Gasteiger partial charge in [-0.05, 0) is 86.5 Å². The van der Waals surface area contributed by atoms with Crippen LogP contribution in [0.5, 0.6) is 23.0 Å². The first-order chi connectivity index (χ1) is 23.2. The lowest BCUT2D eigenvalue weighted by Crippen LogP contribution is -2.46. The smallest absolute Gasteiger partial charge is 0.255 e. The number of likely N-dealkylation sites (N-methyl/N-ethyl adjacent to an activating group) is 1. The Hall–Kier alpha value is -4.86. The fourth-order valence-corrected chi connectivity index (χ4v) is 6.60. The van der Waals surface area contributed by atoms with Gasteiger partial charge in [-0.15, -0.1) is 0 Å². The van der Waals surface area contributed by atoms with Gasteiger partial charge < -0.3 is 33.9 Å². The van der Waals surface area contributed by atoms with Gasteiger partial charge in [0.15, 0.2) is 0 Å². The zero-order chi connectivity index (χ0) is 33.8. The number of hydrogen-bond acceptors (Lipinski definition) is 7. The number of aryl methyl sites for hydroxylation is 1. The van der Waals surface area contributed by atoms with Gasteiger partial charge >= 0.3 is 0 Å². The quantitative estimate of drug-likeness (QED) is 0.162. The molecule has 1 fully saturated rings. The minimum atomic E-state index is -0.272. The Kier molecular flexibility index (Phi) is 9.98.